The van der Waals surface area contributed by atoms with Crippen molar-refractivity contribution in [3.63, 3.8) is 0 Å². The minimum atomic E-state index is -1.19. The van der Waals surface area contributed by atoms with Gasteiger partial charge in [0, 0.05) is 5.75 Å². The Morgan fingerprint density at radius 2 is 2.05 bits per heavy atom. The highest BCUT2D eigenvalue weighted by atomic mass is 35.5. The van der Waals surface area contributed by atoms with Crippen LogP contribution in [0, 0.1) is 5.92 Å². The molecular formula is C14H16ClN3OS. The summed E-state index contributed by atoms with van der Waals surface area (Å²) in [5, 5.41) is 4.00. The van der Waals surface area contributed by atoms with E-state index in [-0.39, 0.29) is 5.15 Å². The zero-order chi connectivity index (χ0) is 13.9. The lowest BCUT2D eigenvalue weighted by atomic mass is 10.0. The third-order valence-electron chi connectivity index (χ3n) is 3.50. The number of halogens is 1. The van der Waals surface area contributed by atoms with E-state index < -0.39 is 10.8 Å². The van der Waals surface area contributed by atoms with E-state index in [1.165, 1.54) is 0 Å². The fraction of sp³-hybridized carbons (Fsp3) is 0.429. The van der Waals surface area contributed by atoms with Gasteiger partial charge in [0.25, 0.3) is 0 Å². The third-order valence-corrected chi connectivity index (χ3v) is 5.37. The number of nitrogens with zero attached hydrogens (tertiary/aromatic N) is 2. The maximum absolute atomic E-state index is 12.5. The molecule has 2 atom stereocenters. The Hall–Kier alpha value is -1.04. The van der Waals surface area contributed by atoms with Gasteiger partial charge in [-0.15, -0.1) is 0 Å². The number of rotatable bonds is 3. The van der Waals surface area contributed by atoms with E-state index in [4.69, 9.17) is 11.6 Å². The lowest BCUT2D eigenvalue weighted by molar-refractivity contribution is 0.408. The average Bonchev–Trinajstić information content (AvgIpc) is 2.47. The van der Waals surface area contributed by atoms with E-state index in [1.807, 2.05) is 24.3 Å². The van der Waals surface area contributed by atoms with Crippen molar-refractivity contribution in [2.45, 2.75) is 17.9 Å². The van der Waals surface area contributed by atoms with Crippen molar-refractivity contribution in [3.8, 4) is 0 Å². The van der Waals surface area contributed by atoms with Crippen LogP contribution in [-0.4, -0.2) is 33.0 Å². The molecule has 20 heavy (non-hydrogen) atoms. The zero-order valence-electron chi connectivity index (χ0n) is 11.0. The molecule has 106 valence electrons. The van der Waals surface area contributed by atoms with E-state index >= 15 is 0 Å². The second-order valence-corrected chi connectivity index (χ2v) is 6.80. The Balaban J connectivity index is 1.84. The molecule has 1 aromatic carbocycles. The van der Waals surface area contributed by atoms with Gasteiger partial charge >= 0.3 is 0 Å². The largest absolute Gasteiger partial charge is 0.316 e. The van der Waals surface area contributed by atoms with Gasteiger partial charge < -0.3 is 5.32 Å². The zero-order valence-corrected chi connectivity index (χ0v) is 12.6. The fourth-order valence-electron chi connectivity index (χ4n) is 2.47. The number of hydrogen-bond acceptors (Lipinski definition) is 4. The molecule has 0 saturated carbocycles. The first-order valence-corrected chi connectivity index (χ1v) is 8.45. The molecule has 2 aromatic rings. The van der Waals surface area contributed by atoms with Gasteiger partial charge in [0.1, 0.15) is 0 Å². The molecule has 3 rings (SSSR count). The standard InChI is InChI=1S/C14H16ClN3OS/c15-13-14(18-12-6-2-1-5-11(12)17-13)20(19)9-10-4-3-7-16-8-10/h1-2,5-6,10,16H,3-4,7-9H2/t10-,20-/m1/s1. The third kappa shape index (κ3) is 3.00. The molecule has 4 nitrogen and oxygen atoms in total. The van der Waals surface area contributed by atoms with E-state index in [2.05, 4.69) is 15.3 Å². The van der Waals surface area contributed by atoms with Gasteiger partial charge in [-0.25, -0.2) is 9.97 Å². The Morgan fingerprint density at radius 3 is 2.75 bits per heavy atom. The molecule has 1 aliphatic rings. The first-order chi connectivity index (χ1) is 9.74. The predicted molar refractivity (Wildman–Crippen MR) is 81.4 cm³/mol. The van der Waals surface area contributed by atoms with Crippen LogP contribution in [0.25, 0.3) is 11.0 Å². The van der Waals surface area contributed by atoms with Crippen molar-refractivity contribution in [2.75, 3.05) is 18.8 Å². The fourth-order valence-corrected chi connectivity index (χ4v) is 4.16. The average molecular weight is 310 g/mol. The van der Waals surface area contributed by atoms with Crippen molar-refractivity contribution in [3.05, 3.63) is 29.4 Å². The topological polar surface area (TPSA) is 54.9 Å². The van der Waals surface area contributed by atoms with Crippen LogP contribution in [0.2, 0.25) is 5.15 Å². The predicted octanol–water partition coefficient (Wildman–Crippen LogP) is 2.39. The Morgan fingerprint density at radius 1 is 1.30 bits per heavy atom. The van der Waals surface area contributed by atoms with Gasteiger partial charge in [-0.1, -0.05) is 23.7 Å². The normalized spacial score (nSPS) is 20.9. The number of hydrogen-bond donors (Lipinski definition) is 1. The van der Waals surface area contributed by atoms with Crippen molar-refractivity contribution in [1.29, 1.82) is 0 Å². The first-order valence-electron chi connectivity index (χ1n) is 6.75. The quantitative estimate of drug-likeness (QED) is 0.946. The van der Waals surface area contributed by atoms with E-state index in [9.17, 15) is 4.21 Å². The Labute approximate surface area is 125 Å². The van der Waals surface area contributed by atoms with Crippen LogP contribution in [0.4, 0.5) is 0 Å². The number of para-hydroxylation sites is 2. The summed E-state index contributed by atoms with van der Waals surface area (Å²) in [5.74, 6) is 1.02. The molecule has 0 unspecified atom stereocenters. The second kappa shape index (κ2) is 6.16. The highest BCUT2D eigenvalue weighted by Crippen LogP contribution is 2.22. The van der Waals surface area contributed by atoms with Crippen LogP contribution in [-0.2, 0) is 10.8 Å². The highest BCUT2D eigenvalue weighted by Gasteiger charge is 2.20. The lowest BCUT2D eigenvalue weighted by Crippen LogP contribution is -2.32. The molecule has 1 saturated heterocycles. The summed E-state index contributed by atoms with van der Waals surface area (Å²) in [4.78, 5) is 8.71. The van der Waals surface area contributed by atoms with Gasteiger partial charge in [0.15, 0.2) is 10.2 Å². The summed E-state index contributed by atoms with van der Waals surface area (Å²) >= 11 is 6.13. The highest BCUT2D eigenvalue weighted by molar-refractivity contribution is 7.85. The van der Waals surface area contributed by atoms with Gasteiger partial charge in [-0.05, 0) is 44.0 Å². The molecule has 0 amide bonds. The summed E-state index contributed by atoms with van der Waals surface area (Å²) in [6.07, 6.45) is 2.25. The number of fused-ring (bicyclic) bond motifs is 1. The molecule has 0 spiro atoms. The Kier molecular flexibility index (Phi) is 4.29. The van der Waals surface area contributed by atoms with E-state index in [1.54, 1.807) is 0 Å². The molecule has 0 aliphatic carbocycles. The van der Waals surface area contributed by atoms with Crippen LogP contribution < -0.4 is 5.32 Å². The molecule has 1 fully saturated rings. The number of nitrogens with one attached hydrogen (secondary N) is 1. The molecule has 6 heteroatoms. The number of benzene rings is 1. The molecule has 0 radical (unpaired) electrons. The Bertz CT molecular complexity index is 643. The molecule has 1 N–H and O–H groups in total. The molecular weight excluding hydrogens is 294 g/mol. The SMILES string of the molecule is O=[S@](C[C@@H]1CCCNC1)c1nc2ccccc2nc1Cl. The molecule has 0 bridgehead atoms. The van der Waals surface area contributed by atoms with Gasteiger partial charge in [-0.3, -0.25) is 4.21 Å². The van der Waals surface area contributed by atoms with Crippen LogP contribution in [0.15, 0.2) is 29.3 Å². The van der Waals surface area contributed by atoms with Crippen LogP contribution >= 0.6 is 11.6 Å². The maximum Gasteiger partial charge on any atom is 0.165 e. The minimum absolute atomic E-state index is 0.255. The maximum atomic E-state index is 12.5. The van der Waals surface area contributed by atoms with Gasteiger partial charge in [-0.2, -0.15) is 0 Å². The van der Waals surface area contributed by atoms with Crippen LogP contribution in [0.5, 0.6) is 0 Å². The van der Waals surface area contributed by atoms with Crippen molar-refractivity contribution < 1.29 is 4.21 Å². The van der Waals surface area contributed by atoms with Crippen molar-refractivity contribution in [2.24, 2.45) is 5.92 Å². The first kappa shape index (κ1) is 13.9. The van der Waals surface area contributed by atoms with Gasteiger partial charge in [0.2, 0.25) is 0 Å². The lowest BCUT2D eigenvalue weighted by Gasteiger charge is -2.22. The molecule has 1 aromatic heterocycles. The number of piperidine rings is 1. The second-order valence-electron chi connectivity index (χ2n) is 5.03. The molecule has 1 aliphatic heterocycles. The van der Waals surface area contributed by atoms with Crippen molar-refractivity contribution >= 4 is 33.4 Å². The summed E-state index contributed by atoms with van der Waals surface area (Å²) in [7, 11) is -1.19. The summed E-state index contributed by atoms with van der Waals surface area (Å²) in [6, 6.07) is 7.49. The number of aromatic nitrogens is 2. The van der Waals surface area contributed by atoms with Gasteiger partial charge in [0.05, 0.1) is 21.8 Å². The molecule has 2 heterocycles. The van der Waals surface area contributed by atoms with E-state index in [0.29, 0.717) is 16.7 Å². The summed E-state index contributed by atoms with van der Waals surface area (Å²) in [5.41, 5.74) is 1.47. The summed E-state index contributed by atoms with van der Waals surface area (Å²) in [6.45, 7) is 1.98. The summed E-state index contributed by atoms with van der Waals surface area (Å²) < 4.78 is 12.5. The van der Waals surface area contributed by atoms with Crippen LogP contribution in [0.1, 0.15) is 12.8 Å². The minimum Gasteiger partial charge on any atom is -0.316 e. The van der Waals surface area contributed by atoms with Crippen molar-refractivity contribution in [1.82, 2.24) is 15.3 Å². The monoisotopic (exact) mass is 309 g/mol. The smallest absolute Gasteiger partial charge is 0.165 e. The van der Waals surface area contributed by atoms with E-state index in [0.717, 1.165) is 37.0 Å². The van der Waals surface area contributed by atoms with Crippen LogP contribution in [0.3, 0.4) is 0 Å².